The van der Waals surface area contributed by atoms with E-state index in [9.17, 15) is 24.2 Å². The van der Waals surface area contributed by atoms with Crippen molar-refractivity contribution in [2.24, 2.45) is 0 Å². The van der Waals surface area contributed by atoms with Crippen LogP contribution < -0.4 is 5.32 Å². The Kier molecular flexibility index (Phi) is 6.41. The van der Waals surface area contributed by atoms with Gasteiger partial charge in [-0.25, -0.2) is 9.18 Å². The molecule has 1 aromatic carbocycles. The molecule has 0 spiro atoms. The zero-order chi connectivity index (χ0) is 21.9. The third-order valence-corrected chi connectivity index (χ3v) is 5.74. The van der Waals surface area contributed by atoms with Crippen LogP contribution in [0.5, 0.6) is 0 Å². The largest absolute Gasteiger partial charge is 0.479 e. The monoisotopic (exact) mass is 414 g/mol. The first-order chi connectivity index (χ1) is 14.3. The van der Waals surface area contributed by atoms with Gasteiger partial charge < -0.3 is 20.4 Å². The second-order valence-corrected chi connectivity index (χ2v) is 7.77. The second-order valence-electron chi connectivity index (χ2n) is 7.77. The minimum Gasteiger partial charge on any atom is -0.479 e. The van der Waals surface area contributed by atoms with Crippen LogP contribution in [0.25, 0.3) is 0 Å². The molecule has 0 bridgehead atoms. The number of aliphatic hydroxyl groups is 1. The third kappa shape index (κ3) is 4.31. The third-order valence-electron chi connectivity index (χ3n) is 5.74. The van der Waals surface area contributed by atoms with Crippen LogP contribution in [-0.4, -0.2) is 38.8 Å². The number of nitrogens with one attached hydrogen (secondary N) is 1. The summed E-state index contributed by atoms with van der Waals surface area (Å²) in [5, 5.41) is 23.4. The number of aliphatic hydroxyl groups excluding tert-OH is 1. The highest BCUT2D eigenvalue weighted by atomic mass is 19.1. The van der Waals surface area contributed by atoms with Gasteiger partial charge in [0.05, 0.1) is 5.57 Å². The van der Waals surface area contributed by atoms with Gasteiger partial charge in [0.15, 0.2) is 6.23 Å². The van der Waals surface area contributed by atoms with Crippen LogP contribution in [0.4, 0.5) is 4.39 Å². The topological polar surface area (TPSA) is 89.9 Å². The Balaban J connectivity index is 1.87. The van der Waals surface area contributed by atoms with Crippen LogP contribution in [0, 0.1) is 5.82 Å². The molecule has 1 aliphatic carbocycles. The molecule has 0 fully saturated rings. The van der Waals surface area contributed by atoms with Crippen molar-refractivity contribution < 1.29 is 24.2 Å². The molecule has 3 N–H and O–H groups in total. The van der Waals surface area contributed by atoms with Gasteiger partial charge in [-0.05, 0) is 62.0 Å². The van der Waals surface area contributed by atoms with Crippen molar-refractivity contribution >= 4 is 11.9 Å². The maximum absolute atomic E-state index is 13.3. The fourth-order valence-corrected chi connectivity index (χ4v) is 4.05. The number of carboxylic acid groups (broad SMARTS) is 1. The maximum Gasteiger partial charge on any atom is 0.329 e. The molecule has 1 aromatic rings. The Hall–Kier alpha value is -2.93. The molecule has 6 nitrogen and oxygen atoms in total. The van der Waals surface area contributed by atoms with E-state index in [4.69, 9.17) is 0 Å². The molecule has 30 heavy (non-hydrogen) atoms. The summed E-state index contributed by atoms with van der Waals surface area (Å²) in [5.74, 6) is -2.03. The van der Waals surface area contributed by atoms with E-state index in [0.29, 0.717) is 25.8 Å². The molecule has 3 rings (SSSR count). The molecule has 1 amide bonds. The van der Waals surface area contributed by atoms with Gasteiger partial charge in [0.1, 0.15) is 11.4 Å². The predicted octanol–water partition coefficient (Wildman–Crippen LogP) is 3.25. The summed E-state index contributed by atoms with van der Waals surface area (Å²) >= 11 is 0. The first-order valence-electron chi connectivity index (χ1n) is 10.1. The summed E-state index contributed by atoms with van der Waals surface area (Å²) in [6.45, 7) is 4.10. The molecular formula is C23H27FN2O4. The molecule has 0 radical (unpaired) electrons. The Morgan fingerprint density at radius 1 is 1.27 bits per heavy atom. The number of allylic oxidation sites excluding steroid dienone is 4. The predicted molar refractivity (Wildman–Crippen MR) is 111 cm³/mol. The average Bonchev–Trinajstić information content (AvgIpc) is 2.72. The van der Waals surface area contributed by atoms with E-state index in [1.807, 2.05) is 19.9 Å². The van der Waals surface area contributed by atoms with Crippen molar-refractivity contribution in [3.8, 4) is 0 Å². The molecule has 1 aliphatic heterocycles. The minimum absolute atomic E-state index is 0.0991. The van der Waals surface area contributed by atoms with Crippen molar-refractivity contribution in [2.75, 3.05) is 0 Å². The second kappa shape index (κ2) is 8.83. The summed E-state index contributed by atoms with van der Waals surface area (Å²) in [4.78, 5) is 26.6. The zero-order valence-electron chi connectivity index (χ0n) is 17.2. The van der Waals surface area contributed by atoms with Gasteiger partial charge >= 0.3 is 5.97 Å². The highest BCUT2D eigenvalue weighted by molar-refractivity contribution is 5.98. The fraction of sp³-hybridized carbons (Fsp3) is 0.391. The Morgan fingerprint density at radius 2 is 1.97 bits per heavy atom. The maximum atomic E-state index is 13.3. The smallest absolute Gasteiger partial charge is 0.329 e. The highest BCUT2D eigenvalue weighted by Crippen LogP contribution is 2.31. The summed E-state index contributed by atoms with van der Waals surface area (Å²) in [6, 6.07) is 5.97. The molecule has 0 saturated heterocycles. The lowest BCUT2D eigenvalue weighted by atomic mass is 9.85. The van der Waals surface area contributed by atoms with Crippen LogP contribution in [-0.2, 0) is 16.1 Å². The Labute approximate surface area is 175 Å². The van der Waals surface area contributed by atoms with E-state index in [-0.39, 0.29) is 17.8 Å². The van der Waals surface area contributed by atoms with Crippen LogP contribution in [0.15, 0.2) is 59.3 Å². The standard InChI is InChI=1S/C23H27FN2O4/c1-3-19-15(2)13-18(20(27)25-23(22(29)30)11-5-4-6-12-23)21(28)26(19)14-16-7-9-17(24)10-8-16/h4-5,7-10,13,21,28H,3,6,11-12,14H2,1-2H3,(H,25,27)(H,29,30). The number of rotatable bonds is 6. The number of hydrogen-bond donors (Lipinski definition) is 3. The normalized spacial score (nSPS) is 23.9. The van der Waals surface area contributed by atoms with E-state index < -0.39 is 23.6 Å². The van der Waals surface area contributed by atoms with E-state index in [1.165, 1.54) is 12.1 Å². The quantitative estimate of drug-likeness (QED) is 0.622. The number of nitrogens with zero attached hydrogens (tertiary/aromatic N) is 1. The van der Waals surface area contributed by atoms with Crippen molar-refractivity contribution in [3.63, 3.8) is 0 Å². The molecular weight excluding hydrogens is 387 g/mol. The van der Waals surface area contributed by atoms with Gasteiger partial charge in [-0.3, -0.25) is 4.79 Å². The summed E-state index contributed by atoms with van der Waals surface area (Å²) in [5.41, 5.74) is 1.20. The van der Waals surface area contributed by atoms with E-state index in [0.717, 1.165) is 16.8 Å². The first-order valence-corrected chi connectivity index (χ1v) is 10.1. The number of carbonyl (C=O) groups excluding carboxylic acids is 1. The molecule has 0 saturated carbocycles. The average molecular weight is 414 g/mol. The van der Waals surface area contributed by atoms with E-state index >= 15 is 0 Å². The van der Waals surface area contributed by atoms with Crippen LogP contribution in [0.3, 0.4) is 0 Å². The number of carbonyl (C=O) groups is 2. The van der Waals surface area contributed by atoms with E-state index in [1.54, 1.807) is 29.2 Å². The van der Waals surface area contributed by atoms with Crippen LogP contribution >= 0.6 is 0 Å². The molecule has 1 heterocycles. The zero-order valence-corrected chi connectivity index (χ0v) is 17.2. The van der Waals surface area contributed by atoms with Gasteiger partial charge in [0, 0.05) is 12.2 Å². The molecule has 0 aromatic heterocycles. The Morgan fingerprint density at radius 3 is 2.53 bits per heavy atom. The highest BCUT2D eigenvalue weighted by Gasteiger charge is 2.42. The fourth-order valence-electron chi connectivity index (χ4n) is 4.05. The number of amides is 1. The number of carboxylic acids is 1. The lowest BCUT2D eigenvalue weighted by Crippen LogP contribution is -2.56. The van der Waals surface area contributed by atoms with Gasteiger partial charge in [-0.15, -0.1) is 0 Å². The summed E-state index contributed by atoms with van der Waals surface area (Å²) < 4.78 is 13.3. The molecule has 2 aliphatic rings. The molecule has 7 heteroatoms. The van der Waals surface area contributed by atoms with Gasteiger partial charge in [-0.2, -0.15) is 0 Å². The first kappa shape index (κ1) is 21.8. The van der Waals surface area contributed by atoms with Crippen LogP contribution in [0.1, 0.15) is 45.1 Å². The number of aliphatic carboxylic acids is 1. The number of halogens is 1. The van der Waals surface area contributed by atoms with Gasteiger partial charge in [-0.1, -0.05) is 31.2 Å². The van der Waals surface area contributed by atoms with Crippen molar-refractivity contribution in [1.29, 1.82) is 0 Å². The van der Waals surface area contributed by atoms with Gasteiger partial charge in [0.2, 0.25) is 0 Å². The SMILES string of the molecule is CCC1=C(C)C=C(C(=O)NC2(C(=O)O)CC=CCC2)C(O)N1Cc1ccc(F)cc1. The lowest BCUT2D eigenvalue weighted by Gasteiger charge is -2.38. The molecule has 160 valence electrons. The van der Waals surface area contributed by atoms with Crippen molar-refractivity contribution in [2.45, 2.75) is 57.8 Å². The van der Waals surface area contributed by atoms with Crippen molar-refractivity contribution in [3.05, 3.63) is 70.7 Å². The number of benzene rings is 1. The van der Waals surface area contributed by atoms with E-state index in [2.05, 4.69) is 5.32 Å². The number of hydrogen-bond acceptors (Lipinski definition) is 4. The van der Waals surface area contributed by atoms with Crippen LogP contribution in [0.2, 0.25) is 0 Å². The minimum atomic E-state index is -1.38. The summed E-state index contributed by atoms with van der Waals surface area (Å²) in [7, 11) is 0. The Bertz CT molecular complexity index is 920. The lowest BCUT2D eigenvalue weighted by molar-refractivity contribution is -0.147. The van der Waals surface area contributed by atoms with Gasteiger partial charge in [0.25, 0.3) is 5.91 Å². The van der Waals surface area contributed by atoms with Crippen molar-refractivity contribution in [1.82, 2.24) is 10.2 Å². The summed E-state index contributed by atoms with van der Waals surface area (Å²) in [6.07, 6.45) is 5.72. The molecule has 2 unspecified atom stereocenters. The molecule has 2 atom stereocenters.